The highest BCUT2D eigenvalue weighted by Crippen LogP contribution is 2.24. The van der Waals surface area contributed by atoms with E-state index in [4.69, 9.17) is 0 Å². The first-order valence-electron chi connectivity index (χ1n) is 4.79. The first-order chi connectivity index (χ1) is 7.04. The zero-order valence-electron chi connectivity index (χ0n) is 8.43. The summed E-state index contributed by atoms with van der Waals surface area (Å²) in [6.45, 7) is 1.93. The van der Waals surface area contributed by atoms with Gasteiger partial charge in [0.15, 0.2) is 0 Å². The van der Waals surface area contributed by atoms with Gasteiger partial charge in [-0.3, -0.25) is 14.4 Å². The van der Waals surface area contributed by atoms with Crippen molar-refractivity contribution in [1.29, 1.82) is 0 Å². The van der Waals surface area contributed by atoms with Gasteiger partial charge < -0.3 is 0 Å². The average molecular weight is 247 g/mol. The molecule has 0 aromatic rings. The number of amides is 2. The zero-order valence-corrected chi connectivity index (χ0v) is 10.1. The molecule has 1 aliphatic heterocycles. The molecule has 1 unspecified atom stereocenters. The number of carbonyl (C=O) groups excluding carboxylic acids is 3. The Hall–Kier alpha value is -0.490. The van der Waals surface area contributed by atoms with Crippen LogP contribution in [0.4, 0.5) is 0 Å². The molecule has 0 bridgehead atoms. The Balaban J connectivity index is 2.44. The number of carbonyl (C=O) groups is 3. The first kappa shape index (κ1) is 12.6. The van der Waals surface area contributed by atoms with Gasteiger partial charge in [-0.05, 0) is 6.42 Å². The number of thiol groups is 1. The summed E-state index contributed by atoms with van der Waals surface area (Å²) >= 11 is 4.90. The lowest BCUT2D eigenvalue weighted by molar-refractivity contribution is -0.132. The summed E-state index contributed by atoms with van der Waals surface area (Å²) in [5.74, 6) is -0.545. The molecular formula is C9H13NO3S2. The van der Waals surface area contributed by atoms with Gasteiger partial charge >= 0.3 is 0 Å². The largest absolute Gasteiger partial charge is 0.285 e. The van der Waals surface area contributed by atoms with Crippen LogP contribution in [0.1, 0.15) is 32.6 Å². The maximum atomic E-state index is 11.4. The fourth-order valence-electron chi connectivity index (χ4n) is 1.13. The highest BCUT2D eigenvalue weighted by molar-refractivity contribution is 8.12. The predicted molar refractivity (Wildman–Crippen MR) is 61.4 cm³/mol. The van der Waals surface area contributed by atoms with E-state index >= 15 is 0 Å². The number of nitrogens with zero attached hydrogens (tertiary/aromatic N) is 1. The molecule has 1 heterocycles. The Morgan fingerprint density at radius 3 is 2.47 bits per heavy atom. The van der Waals surface area contributed by atoms with Crippen molar-refractivity contribution in [1.82, 2.24) is 4.31 Å². The minimum absolute atomic E-state index is 0.00203. The molecule has 0 aromatic carbocycles. The lowest BCUT2D eigenvalue weighted by Gasteiger charge is -2.12. The van der Waals surface area contributed by atoms with Crippen LogP contribution in [0.2, 0.25) is 0 Å². The van der Waals surface area contributed by atoms with Crippen LogP contribution in [0.3, 0.4) is 0 Å². The predicted octanol–water partition coefficient (Wildman–Crippen LogP) is 1.41. The second kappa shape index (κ2) is 5.55. The van der Waals surface area contributed by atoms with Crippen LogP contribution in [0, 0.1) is 0 Å². The number of hydrogen-bond donors (Lipinski definition) is 1. The summed E-state index contributed by atoms with van der Waals surface area (Å²) in [6, 6.07) is 0. The molecule has 84 valence electrons. The van der Waals surface area contributed by atoms with Gasteiger partial charge in [0.2, 0.25) is 16.9 Å². The second-order valence-corrected chi connectivity index (χ2v) is 5.04. The lowest BCUT2D eigenvalue weighted by Crippen LogP contribution is -2.24. The monoisotopic (exact) mass is 247 g/mol. The van der Waals surface area contributed by atoms with Gasteiger partial charge in [0.25, 0.3) is 0 Å². The van der Waals surface area contributed by atoms with Crippen LogP contribution in [-0.4, -0.2) is 26.5 Å². The molecule has 0 aliphatic carbocycles. The maximum Gasteiger partial charge on any atom is 0.240 e. The van der Waals surface area contributed by atoms with Crippen molar-refractivity contribution in [2.75, 3.05) is 0 Å². The smallest absolute Gasteiger partial charge is 0.240 e. The highest BCUT2D eigenvalue weighted by atomic mass is 32.2. The normalized spacial score (nSPS) is 18.4. The highest BCUT2D eigenvalue weighted by Gasteiger charge is 2.31. The van der Waals surface area contributed by atoms with E-state index in [-0.39, 0.29) is 41.4 Å². The van der Waals surface area contributed by atoms with E-state index in [9.17, 15) is 14.4 Å². The van der Waals surface area contributed by atoms with Gasteiger partial charge in [-0.2, -0.15) is 12.6 Å². The molecule has 1 atom stereocenters. The van der Waals surface area contributed by atoms with E-state index in [0.29, 0.717) is 11.9 Å². The molecule has 15 heavy (non-hydrogen) atoms. The summed E-state index contributed by atoms with van der Waals surface area (Å²) in [7, 11) is 0. The molecule has 1 saturated heterocycles. The van der Waals surface area contributed by atoms with Gasteiger partial charge in [-0.1, -0.05) is 6.92 Å². The van der Waals surface area contributed by atoms with E-state index in [2.05, 4.69) is 12.6 Å². The Kier molecular flexibility index (Phi) is 4.66. The van der Waals surface area contributed by atoms with Crippen molar-refractivity contribution in [3.8, 4) is 0 Å². The van der Waals surface area contributed by atoms with Crippen LogP contribution in [0.25, 0.3) is 0 Å². The third-order valence-electron chi connectivity index (χ3n) is 2.07. The standard InChI is InChI=1S/C9H13NO3S2/c1-2-6(14)5-9(13)15-10-7(11)3-4-8(10)12/h6,14H,2-5H2,1H3. The van der Waals surface area contributed by atoms with Gasteiger partial charge in [0, 0.05) is 36.5 Å². The van der Waals surface area contributed by atoms with Crippen molar-refractivity contribution < 1.29 is 14.4 Å². The first-order valence-corrected chi connectivity index (χ1v) is 6.08. The quantitative estimate of drug-likeness (QED) is 0.463. The Labute approximate surface area is 98.3 Å². The van der Waals surface area contributed by atoms with Crippen molar-refractivity contribution in [2.45, 2.75) is 37.9 Å². The summed E-state index contributed by atoms with van der Waals surface area (Å²) in [4.78, 5) is 33.8. The van der Waals surface area contributed by atoms with Gasteiger partial charge in [0.1, 0.15) is 0 Å². The molecule has 0 spiro atoms. The summed E-state index contributed by atoms with van der Waals surface area (Å²) in [6.07, 6.45) is 1.51. The molecule has 0 N–H and O–H groups in total. The van der Waals surface area contributed by atoms with E-state index in [1.807, 2.05) is 6.92 Å². The van der Waals surface area contributed by atoms with Gasteiger partial charge in [0.05, 0.1) is 0 Å². The van der Waals surface area contributed by atoms with Crippen LogP contribution < -0.4 is 0 Å². The maximum absolute atomic E-state index is 11.4. The van der Waals surface area contributed by atoms with Crippen LogP contribution >= 0.6 is 24.6 Å². The summed E-state index contributed by atoms with van der Waals surface area (Å²) < 4.78 is 0.971. The van der Waals surface area contributed by atoms with E-state index in [1.165, 1.54) is 0 Å². The molecule has 4 nitrogen and oxygen atoms in total. The molecule has 0 saturated carbocycles. The topological polar surface area (TPSA) is 54.5 Å². The number of imide groups is 1. The van der Waals surface area contributed by atoms with Crippen molar-refractivity contribution in [3.05, 3.63) is 0 Å². The summed E-state index contributed by atoms with van der Waals surface area (Å²) in [5.41, 5.74) is 0. The molecule has 1 aliphatic rings. The lowest BCUT2D eigenvalue weighted by atomic mass is 10.3. The van der Waals surface area contributed by atoms with Gasteiger partial charge in [-0.25, -0.2) is 4.31 Å². The van der Waals surface area contributed by atoms with Crippen molar-refractivity contribution in [3.63, 3.8) is 0 Å². The Morgan fingerprint density at radius 1 is 1.47 bits per heavy atom. The molecule has 2 amide bonds. The third-order valence-corrected chi connectivity index (χ3v) is 3.58. The SMILES string of the molecule is CCC(S)CC(=O)SN1C(=O)CCC1=O. The van der Waals surface area contributed by atoms with Crippen LogP contribution in [0.5, 0.6) is 0 Å². The van der Waals surface area contributed by atoms with Crippen molar-refractivity contribution in [2.24, 2.45) is 0 Å². The van der Waals surface area contributed by atoms with E-state index in [1.54, 1.807) is 0 Å². The minimum atomic E-state index is -0.273. The second-order valence-electron chi connectivity index (χ2n) is 3.31. The van der Waals surface area contributed by atoms with Crippen molar-refractivity contribution >= 4 is 41.5 Å². The fraction of sp³-hybridized carbons (Fsp3) is 0.667. The van der Waals surface area contributed by atoms with E-state index in [0.717, 1.165) is 10.7 Å². The Morgan fingerprint density at radius 2 is 2.00 bits per heavy atom. The molecule has 1 rings (SSSR count). The van der Waals surface area contributed by atoms with Gasteiger partial charge in [-0.15, -0.1) is 0 Å². The fourth-order valence-corrected chi connectivity index (χ4v) is 2.29. The molecule has 6 heteroatoms. The number of hydrogen-bond acceptors (Lipinski definition) is 5. The molecular weight excluding hydrogens is 234 g/mol. The molecule has 0 aromatic heterocycles. The molecule has 0 radical (unpaired) electrons. The van der Waals surface area contributed by atoms with Crippen LogP contribution in [-0.2, 0) is 14.4 Å². The average Bonchev–Trinajstić information content (AvgIpc) is 2.49. The summed E-state index contributed by atoms with van der Waals surface area (Å²) in [5, 5.41) is -0.182. The molecule has 1 fully saturated rings. The zero-order chi connectivity index (χ0) is 11.4. The Bertz CT molecular complexity index is 277. The minimum Gasteiger partial charge on any atom is -0.285 e. The third kappa shape index (κ3) is 3.53. The number of rotatable bonds is 4. The van der Waals surface area contributed by atoms with Crippen LogP contribution in [0.15, 0.2) is 0 Å². The van der Waals surface area contributed by atoms with E-state index < -0.39 is 0 Å².